The van der Waals surface area contributed by atoms with Crippen LogP contribution in [-0.2, 0) is 32.8 Å². The number of hydrogen-bond donors (Lipinski definition) is 3. The van der Waals surface area contributed by atoms with Crippen LogP contribution in [0.5, 0.6) is 5.88 Å². The molecule has 216 valence electrons. The molecule has 2 unspecified atom stereocenters. The van der Waals surface area contributed by atoms with Crippen molar-refractivity contribution in [2.24, 2.45) is 5.92 Å². The Morgan fingerprint density at radius 3 is 2.88 bits per heavy atom. The van der Waals surface area contributed by atoms with Gasteiger partial charge in [-0.1, -0.05) is 0 Å². The molecule has 5 heterocycles. The predicted octanol–water partition coefficient (Wildman–Crippen LogP) is 0.0948. The van der Waals surface area contributed by atoms with Gasteiger partial charge in [0.25, 0.3) is 5.56 Å². The molecule has 7 atom stereocenters. The van der Waals surface area contributed by atoms with Gasteiger partial charge < -0.3 is 24.3 Å². The highest BCUT2D eigenvalue weighted by Gasteiger charge is 2.45. The zero-order chi connectivity index (χ0) is 28.1. The van der Waals surface area contributed by atoms with Crippen LogP contribution in [0, 0.1) is 5.92 Å². The van der Waals surface area contributed by atoms with Crippen molar-refractivity contribution in [1.29, 1.82) is 0 Å². The number of hydrogen-bond acceptors (Lipinski definition) is 14. The Morgan fingerprint density at radius 2 is 2.08 bits per heavy atom. The van der Waals surface area contributed by atoms with E-state index in [1.807, 2.05) is 0 Å². The molecule has 0 aromatic carbocycles. The highest BCUT2D eigenvalue weighted by molar-refractivity contribution is 7.84. The molecule has 6 rings (SSSR count). The fraction of sp³-hybridized carbons (Fsp3) is 0.571. The quantitative estimate of drug-likeness (QED) is 0.340. The SMILES string of the molecule is CP1(=O)OC[C@@H]2C[C@@H](OS(=O)(=O)NC[C@H]3C[C@@H](Oc4ccncn4)CC3O1)[C@H](n1cnc3c(=O)[nH]c(N)nc31)O2. The summed E-state index contributed by atoms with van der Waals surface area (Å²) in [5, 5.41) is 0. The summed E-state index contributed by atoms with van der Waals surface area (Å²) in [6.45, 7) is 1.12. The van der Waals surface area contributed by atoms with Crippen LogP contribution < -0.4 is 20.8 Å². The summed E-state index contributed by atoms with van der Waals surface area (Å²) in [6, 6.07) is 1.61. The van der Waals surface area contributed by atoms with Crippen LogP contribution in [0.3, 0.4) is 0 Å². The van der Waals surface area contributed by atoms with Gasteiger partial charge in [-0.2, -0.15) is 18.1 Å². The fourth-order valence-electron chi connectivity index (χ4n) is 5.18. The number of anilines is 1. The molecule has 2 bridgehead atoms. The Hall–Kier alpha value is -2.99. The average molecular weight is 599 g/mol. The van der Waals surface area contributed by atoms with Crippen molar-refractivity contribution in [3.8, 4) is 5.88 Å². The molecule has 2 aliphatic heterocycles. The predicted molar refractivity (Wildman–Crippen MR) is 136 cm³/mol. The third-order valence-electron chi connectivity index (χ3n) is 6.89. The van der Waals surface area contributed by atoms with Gasteiger partial charge in [-0.25, -0.2) is 19.1 Å². The molecular weight excluding hydrogens is 571 g/mol. The largest absolute Gasteiger partial charge is 0.474 e. The maximum Gasteiger partial charge on any atom is 0.336 e. The van der Waals surface area contributed by atoms with Crippen molar-refractivity contribution in [1.82, 2.24) is 34.2 Å². The maximum absolute atomic E-state index is 13.3. The molecule has 0 amide bonds. The maximum atomic E-state index is 13.3. The zero-order valence-corrected chi connectivity index (χ0v) is 22.9. The van der Waals surface area contributed by atoms with Gasteiger partial charge in [0, 0.05) is 44.2 Å². The molecule has 19 heteroatoms. The summed E-state index contributed by atoms with van der Waals surface area (Å²) in [7, 11) is -7.90. The number of H-pyrrole nitrogens is 1. The first-order chi connectivity index (χ1) is 19.1. The highest BCUT2D eigenvalue weighted by Crippen LogP contribution is 2.50. The number of nitrogen functional groups attached to an aromatic ring is 1. The minimum atomic E-state index is -4.30. The second-order valence-corrected chi connectivity index (χ2v) is 13.2. The van der Waals surface area contributed by atoms with Crippen molar-refractivity contribution < 1.29 is 35.7 Å². The third-order valence-corrected chi connectivity index (χ3v) is 9.19. The van der Waals surface area contributed by atoms with Crippen molar-refractivity contribution in [2.75, 3.05) is 25.6 Å². The lowest BCUT2D eigenvalue weighted by Gasteiger charge is -2.25. The molecule has 2 saturated heterocycles. The number of rotatable bonds is 3. The first kappa shape index (κ1) is 27.2. The van der Waals surface area contributed by atoms with E-state index in [0.29, 0.717) is 18.7 Å². The number of nitrogens with one attached hydrogen (secondary N) is 2. The Balaban J connectivity index is 1.25. The number of nitrogens with two attached hydrogens (primary N) is 1. The van der Waals surface area contributed by atoms with E-state index in [-0.39, 0.29) is 42.8 Å². The van der Waals surface area contributed by atoms with E-state index in [4.69, 9.17) is 28.4 Å². The van der Waals surface area contributed by atoms with E-state index >= 15 is 0 Å². The van der Waals surface area contributed by atoms with Gasteiger partial charge in [-0.05, 0) is 6.42 Å². The van der Waals surface area contributed by atoms with Crippen molar-refractivity contribution >= 4 is 35.0 Å². The number of nitrogens with zero attached hydrogens (tertiary/aromatic N) is 5. The summed E-state index contributed by atoms with van der Waals surface area (Å²) < 4.78 is 72.4. The van der Waals surface area contributed by atoms with Gasteiger partial charge in [0.05, 0.1) is 25.1 Å². The number of ether oxygens (including phenoxy) is 2. The zero-order valence-electron chi connectivity index (χ0n) is 21.2. The van der Waals surface area contributed by atoms with Gasteiger partial charge in [0.15, 0.2) is 17.4 Å². The topological polar surface area (TPSA) is 225 Å². The molecular formula is C21H27N8O9PS. The lowest BCUT2D eigenvalue weighted by atomic mass is 10.1. The van der Waals surface area contributed by atoms with Crippen LogP contribution in [0.4, 0.5) is 5.95 Å². The molecule has 1 aliphatic carbocycles. The van der Waals surface area contributed by atoms with E-state index in [1.54, 1.807) is 12.3 Å². The number of imidazole rings is 1. The van der Waals surface area contributed by atoms with Gasteiger partial charge in [0.1, 0.15) is 18.5 Å². The number of aromatic amines is 1. The highest BCUT2D eigenvalue weighted by atomic mass is 32.2. The van der Waals surface area contributed by atoms with E-state index < -0.39 is 53.9 Å². The van der Waals surface area contributed by atoms with Gasteiger partial charge >= 0.3 is 17.9 Å². The van der Waals surface area contributed by atoms with Crippen LogP contribution in [0.1, 0.15) is 25.5 Å². The Morgan fingerprint density at radius 1 is 1.23 bits per heavy atom. The van der Waals surface area contributed by atoms with Crippen molar-refractivity contribution in [2.45, 2.75) is 49.9 Å². The number of aromatic nitrogens is 6. The summed E-state index contributed by atoms with van der Waals surface area (Å²) >= 11 is 0. The van der Waals surface area contributed by atoms with Gasteiger partial charge in [0.2, 0.25) is 11.8 Å². The van der Waals surface area contributed by atoms with E-state index in [2.05, 4.69) is 29.6 Å². The second-order valence-electron chi connectivity index (χ2n) is 9.83. The van der Waals surface area contributed by atoms with Gasteiger partial charge in [-0.15, -0.1) is 0 Å². The molecule has 40 heavy (non-hydrogen) atoms. The lowest BCUT2D eigenvalue weighted by Crippen LogP contribution is -2.37. The summed E-state index contributed by atoms with van der Waals surface area (Å²) in [5.41, 5.74) is 5.21. The van der Waals surface area contributed by atoms with Crippen LogP contribution in [0.25, 0.3) is 11.2 Å². The summed E-state index contributed by atoms with van der Waals surface area (Å²) in [6.07, 6.45) is 1.14. The average Bonchev–Trinajstić information content (AvgIpc) is 3.58. The molecule has 3 fully saturated rings. The molecule has 3 aliphatic rings. The van der Waals surface area contributed by atoms with Crippen molar-refractivity contribution in [3.63, 3.8) is 0 Å². The molecule has 1 saturated carbocycles. The standard InChI is InChI=1S/C21H27N8O9PS/c1-39(31)34-8-13-6-15(20(36-13)29-10-25-17-18(29)27-21(22)28-19(17)30)38-40(32,33)26-7-11-4-12(5-14(11)37-39)35-16-2-3-23-9-24-16/h2-3,9-15,20,26H,4-8H2,1H3,(H3,22,27,28,30)/t11-,12-,13+,14?,15-,20-,39?/m1/s1. The van der Waals surface area contributed by atoms with Crippen LogP contribution in [0.2, 0.25) is 0 Å². The molecule has 17 nitrogen and oxygen atoms in total. The monoisotopic (exact) mass is 598 g/mol. The molecule has 0 spiro atoms. The van der Waals surface area contributed by atoms with E-state index in [0.717, 1.165) is 0 Å². The Bertz CT molecular complexity index is 1600. The second kappa shape index (κ2) is 10.4. The first-order valence-corrected chi connectivity index (χ1v) is 15.8. The molecule has 3 aromatic rings. The fourth-order valence-corrected chi connectivity index (χ4v) is 7.41. The first-order valence-electron chi connectivity index (χ1n) is 12.4. The number of fused-ring (bicyclic) bond motifs is 4. The minimum Gasteiger partial charge on any atom is -0.474 e. The van der Waals surface area contributed by atoms with E-state index in [9.17, 15) is 17.8 Å². The Kier molecular flexibility index (Phi) is 7.10. The normalized spacial score (nSPS) is 34.4. The van der Waals surface area contributed by atoms with Gasteiger partial charge in [-0.3, -0.25) is 18.9 Å². The van der Waals surface area contributed by atoms with Crippen LogP contribution in [0.15, 0.2) is 29.7 Å². The van der Waals surface area contributed by atoms with Crippen molar-refractivity contribution in [3.05, 3.63) is 35.3 Å². The molecule has 0 radical (unpaired) electrons. The minimum absolute atomic E-state index is 0.0101. The summed E-state index contributed by atoms with van der Waals surface area (Å²) in [4.78, 5) is 30.7. The summed E-state index contributed by atoms with van der Waals surface area (Å²) in [5.74, 6) is -0.189. The van der Waals surface area contributed by atoms with Crippen LogP contribution >= 0.6 is 7.60 Å². The Labute approximate surface area is 227 Å². The molecule has 3 aromatic heterocycles. The lowest BCUT2D eigenvalue weighted by molar-refractivity contribution is -0.0425. The van der Waals surface area contributed by atoms with E-state index in [1.165, 1.54) is 23.9 Å². The smallest absolute Gasteiger partial charge is 0.336 e. The molecule has 4 N–H and O–H groups in total. The van der Waals surface area contributed by atoms with Crippen LogP contribution in [-0.4, -0.2) is 82.1 Å². The third kappa shape index (κ3) is 5.74.